The van der Waals surface area contributed by atoms with Crippen LogP contribution < -0.4 is 22.3 Å². The number of pyridine rings is 2. The third kappa shape index (κ3) is 4.50. The summed E-state index contributed by atoms with van der Waals surface area (Å²) < 4.78 is 0. The van der Waals surface area contributed by atoms with E-state index in [1.807, 2.05) is 0 Å². The van der Waals surface area contributed by atoms with Crippen LogP contribution in [0.2, 0.25) is 0 Å². The van der Waals surface area contributed by atoms with Crippen molar-refractivity contribution in [2.45, 2.75) is 0 Å². The van der Waals surface area contributed by atoms with E-state index in [1.165, 1.54) is 0 Å². The molecule has 0 amide bonds. The SMILES string of the molecule is NC(=NNC#CNN=C(N)c1ccncc1)c1ccncc1. The van der Waals surface area contributed by atoms with Crippen molar-refractivity contribution < 1.29 is 0 Å². The minimum Gasteiger partial charge on any atom is -0.382 e. The van der Waals surface area contributed by atoms with Crippen molar-refractivity contribution in [2.24, 2.45) is 21.7 Å². The lowest BCUT2D eigenvalue weighted by molar-refractivity contribution is 0.966. The predicted octanol–water partition coefficient (Wildman–Crippen LogP) is -0.485. The summed E-state index contributed by atoms with van der Waals surface area (Å²) in [5.74, 6) is 0.605. The maximum atomic E-state index is 5.75. The maximum Gasteiger partial charge on any atom is 0.151 e. The number of hydrogen-bond donors (Lipinski definition) is 4. The monoisotopic (exact) mass is 294 g/mol. The van der Waals surface area contributed by atoms with Gasteiger partial charge in [0.05, 0.1) is 12.1 Å². The second-order valence-electron chi connectivity index (χ2n) is 3.94. The molecule has 8 heteroatoms. The van der Waals surface area contributed by atoms with Gasteiger partial charge < -0.3 is 11.5 Å². The number of nitrogens with zero attached hydrogens (tertiary/aromatic N) is 4. The standard InChI is InChI=1S/C14H14N8/c15-13(11-1-5-17-6-2-11)21-19-9-10-20-22-14(16)12-3-7-18-8-4-12/h1-8,19-20H,(H2,15,21)(H2,16,22). The first kappa shape index (κ1) is 14.8. The van der Waals surface area contributed by atoms with E-state index in [9.17, 15) is 0 Å². The molecule has 2 rings (SSSR count). The third-order valence-electron chi connectivity index (χ3n) is 2.48. The quantitative estimate of drug-likeness (QED) is 0.198. The number of rotatable bonds is 4. The van der Waals surface area contributed by atoms with Gasteiger partial charge >= 0.3 is 0 Å². The van der Waals surface area contributed by atoms with Gasteiger partial charge in [0.25, 0.3) is 0 Å². The minimum atomic E-state index is 0.302. The van der Waals surface area contributed by atoms with Crippen molar-refractivity contribution in [1.29, 1.82) is 0 Å². The van der Waals surface area contributed by atoms with Gasteiger partial charge in [-0.05, 0) is 24.3 Å². The molecule has 0 aliphatic heterocycles. The number of nitrogens with two attached hydrogens (primary N) is 2. The predicted molar refractivity (Wildman–Crippen MR) is 84.0 cm³/mol. The molecule has 0 fully saturated rings. The largest absolute Gasteiger partial charge is 0.382 e. The van der Waals surface area contributed by atoms with Crippen LogP contribution in [0.25, 0.3) is 0 Å². The number of hydrazone groups is 2. The zero-order valence-electron chi connectivity index (χ0n) is 11.6. The Kier molecular flexibility index (Phi) is 5.29. The number of amidine groups is 2. The second-order valence-corrected chi connectivity index (χ2v) is 3.94. The summed E-state index contributed by atoms with van der Waals surface area (Å²) in [6.45, 7) is 0. The second kappa shape index (κ2) is 7.86. The van der Waals surface area contributed by atoms with Gasteiger partial charge in [0.15, 0.2) is 11.7 Å². The summed E-state index contributed by atoms with van der Waals surface area (Å²) in [5, 5.41) is 7.77. The first-order valence-corrected chi connectivity index (χ1v) is 6.24. The molecule has 0 aliphatic rings. The number of nitrogens with one attached hydrogen (secondary N) is 2. The Morgan fingerprint density at radius 2 is 1.14 bits per heavy atom. The fourth-order valence-corrected chi connectivity index (χ4v) is 1.41. The zero-order valence-corrected chi connectivity index (χ0v) is 11.6. The van der Waals surface area contributed by atoms with Crippen LogP contribution in [0.4, 0.5) is 0 Å². The van der Waals surface area contributed by atoms with E-state index in [2.05, 4.69) is 43.1 Å². The van der Waals surface area contributed by atoms with E-state index in [0.29, 0.717) is 11.7 Å². The Morgan fingerprint density at radius 3 is 1.50 bits per heavy atom. The van der Waals surface area contributed by atoms with Crippen molar-refractivity contribution in [3.63, 3.8) is 0 Å². The van der Waals surface area contributed by atoms with E-state index >= 15 is 0 Å². The van der Waals surface area contributed by atoms with Crippen molar-refractivity contribution in [2.75, 3.05) is 0 Å². The van der Waals surface area contributed by atoms with Crippen molar-refractivity contribution >= 4 is 11.7 Å². The van der Waals surface area contributed by atoms with Crippen LogP contribution in [0.15, 0.2) is 59.3 Å². The highest BCUT2D eigenvalue weighted by Crippen LogP contribution is 1.94. The molecule has 22 heavy (non-hydrogen) atoms. The normalized spacial score (nSPS) is 11.3. The van der Waals surface area contributed by atoms with Gasteiger partial charge in [0, 0.05) is 35.9 Å². The third-order valence-corrected chi connectivity index (χ3v) is 2.48. The van der Waals surface area contributed by atoms with E-state index < -0.39 is 0 Å². The Labute approximate surface area is 127 Å². The molecule has 0 atom stereocenters. The number of hydrogen-bond acceptors (Lipinski definition) is 6. The average molecular weight is 294 g/mol. The van der Waals surface area contributed by atoms with E-state index in [-0.39, 0.29) is 0 Å². The fraction of sp³-hybridized carbons (Fsp3) is 0. The van der Waals surface area contributed by atoms with Crippen LogP contribution in [0.1, 0.15) is 11.1 Å². The van der Waals surface area contributed by atoms with Crippen LogP contribution in [-0.2, 0) is 0 Å². The van der Waals surface area contributed by atoms with Gasteiger partial charge in [-0.1, -0.05) is 0 Å². The average Bonchev–Trinajstić information content (AvgIpc) is 2.59. The van der Waals surface area contributed by atoms with Gasteiger partial charge in [-0.15, -0.1) is 10.2 Å². The summed E-state index contributed by atoms with van der Waals surface area (Å²) >= 11 is 0. The van der Waals surface area contributed by atoms with Crippen molar-refractivity contribution in [3.05, 3.63) is 60.2 Å². The first-order chi connectivity index (χ1) is 10.8. The Balaban J connectivity index is 1.85. The Morgan fingerprint density at radius 1 is 0.773 bits per heavy atom. The molecule has 0 spiro atoms. The molecule has 110 valence electrons. The van der Waals surface area contributed by atoms with Gasteiger partial charge in [-0.3, -0.25) is 9.97 Å². The summed E-state index contributed by atoms with van der Waals surface area (Å²) in [4.78, 5) is 7.78. The van der Waals surface area contributed by atoms with E-state index in [0.717, 1.165) is 11.1 Å². The number of aromatic nitrogens is 2. The summed E-state index contributed by atoms with van der Waals surface area (Å²) in [6.07, 6.45) is 6.51. The molecule has 2 aromatic rings. The molecule has 2 heterocycles. The Hall–Kier alpha value is -3.60. The molecule has 0 aromatic carbocycles. The highest BCUT2D eigenvalue weighted by Gasteiger charge is 1.95. The molecule has 8 nitrogen and oxygen atoms in total. The molecule has 0 aliphatic carbocycles. The maximum absolute atomic E-state index is 5.75. The van der Waals surface area contributed by atoms with Gasteiger partial charge in [-0.25, -0.2) is 10.9 Å². The molecule has 0 saturated heterocycles. The van der Waals surface area contributed by atoms with Crippen LogP contribution in [0.3, 0.4) is 0 Å². The van der Waals surface area contributed by atoms with Crippen LogP contribution in [0.5, 0.6) is 0 Å². The summed E-state index contributed by atoms with van der Waals surface area (Å²) in [5.41, 5.74) is 18.0. The molecule has 0 unspecified atom stereocenters. The molecule has 2 aromatic heterocycles. The minimum absolute atomic E-state index is 0.302. The van der Waals surface area contributed by atoms with Gasteiger partial charge in [0.2, 0.25) is 0 Å². The van der Waals surface area contributed by atoms with Crippen molar-refractivity contribution in [1.82, 2.24) is 20.8 Å². The molecule has 0 radical (unpaired) electrons. The highest BCUT2D eigenvalue weighted by molar-refractivity contribution is 5.97. The van der Waals surface area contributed by atoms with Crippen molar-refractivity contribution in [3.8, 4) is 12.1 Å². The van der Waals surface area contributed by atoms with Crippen LogP contribution >= 0.6 is 0 Å². The lowest BCUT2D eigenvalue weighted by Crippen LogP contribution is -2.18. The van der Waals surface area contributed by atoms with Crippen LogP contribution in [-0.4, -0.2) is 21.6 Å². The summed E-state index contributed by atoms with van der Waals surface area (Å²) in [7, 11) is 0. The van der Waals surface area contributed by atoms with Gasteiger partial charge in [0.1, 0.15) is 0 Å². The smallest absolute Gasteiger partial charge is 0.151 e. The lowest BCUT2D eigenvalue weighted by Gasteiger charge is -1.98. The topological polar surface area (TPSA) is 127 Å². The molecule has 0 saturated carbocycles. The van der Waals surface area contributed by atoms with E-state index in [4.69, 9.17) is 11.5 Å². The first-order valence-electron chi connectivity index (χ1n) is 6.24. The van der Waals surface area contributed by atoms with Crippen LogP contribution in [0, 0.1) is 12.1 Å². The van der Waals surface area contributed by atoms with E-state index in [1.54, 1.807) is 49.1 Å². The molecule has 0 bridgehead atoms. The highest BCUT2D eigenvalue weighted by atomic mass is 15.3. The lowest BCUT2D eigenvalue weighted by atomic mass is 10.2. The zero-order chi connectivity index (χ0) is 15.6. The molecular formula is C14H14N8. The molecule has 6 N–H and O–H groups in total. The fourth-order valence-electron chi connectivity index (χ4n) is 1.41. The molecular weight excluding hydrogens is 280 g/mol. The Bertz CT molecular complexity index is 651. The van der Waals surface area contributed by atoms with Gasteiger partial charge in [-0.2, -0.15) is 0 Å². The summed E-state index contributed by atoms with van der Waals surface area (Å²) in [6, 6.07) is 12.0.